The van der Waals surface area contributed by atoms with Crippen molar-refractivity contribution >= 4 is 11.7 Å². The van der Waals surface area contributed by atoms with E-state index in [0.29, 0.717) is 30.6 Å². The van der Waals surface area contributed by atoms with Crippen LogP contribution in [0.2, 0.25) is 0 Å². The van der Waals surface area contributed by atoms with Crippen molar-refractivity contribution in [3.8, 4) is 5.75 Å². The van der Waals surface area contributed by atoms with Crippen LogP contribution < -0.4 is 0 Å². The van der Waals surface area contributed by atoms with Gasteiger partial charge in [0, 0.05) is 25.4 Å². The number of para-hydroxylation sites is 1. The molecule has 3 rings (SSSR count). The van der Waals surface area contributed by atoms with E-state index in [2.05, 4.69) is 0 Å². The number of Topliss-reactive ketones (excluding diaryl/α,β-unsaturated/α-hetero) is 1. The van der Waals surface area contributed by atoms with Gasteiger partial charge >= 0.3 is 0 Å². The second-order valence-electron chi connectivity index (χ2n) is 7.01. The molecular formula is C22H25NO3. The number of aromatic hydroxyl groups is 1. The third-order valence-electron chi connectivity index (χ3n) is 5.14. The number of aryl methyl sites for hydroxylation is 2. The second-order valence-corrected chi connectivity index (χ2v) is 7.01. The maximum Gasteiger partial charge on any atom is 0.257 e. The molecule has 0 aromatic heterocycles. The molecule has 4 heteroatoms. The van der Waals surface area contributed by atoms with Crippen molar-refractivity contribution in [1.29, 1.82) is 0 Å². The average molecular weight is 351 g/mol. The zero-order valence-electron chi connectivity index (χ0n) is 15.1. The van der Waals surface area contributed by atoms with E-state index in [9.17, 15) is 14.7 Å². The van der Waals surface area contributed by atoms with Crippen molar-refractivity contribution in [1.82, 2.24) is 4.90 Å². The summed E-state index contributed by atoms with van der Waals surface area (Å²) in [5.74, 6) is -0.0371. The molecule has 1 fully saturated rings. The highest BCUT2D eigenvalue weighted by Crippen LogP contribution is 2.26. The summed E-state index contributed by atoms with van der Waals surface area (Å²) < 4.78 is 0. The van der Waals surface area contributed by atoms with Crippen LogP contribution in [0.5, 0.6) is 5.75 Å². The fourth-order valence-electron chi connectivity index (χ4n) is 3.54. The van der Waals surface area contributed by atoms with Gasteiger partial charge in [0.05, 0.1) is 5.56 Å². The number of piperidine rings is 1. The minimum absolute atomic E-state index is 0.0371. The maximum atomic E-state index is 12.8. The summed E-state index contributed by atoms with van der Waals surface area (Å²) in [6.45, 7) is 2.85. The molecular weight excluding hydrogens is 326 g/mol. The topological polar surface area (TPSA) is 57.6 Å². The number of hydrogen-bond acceptors (Lipinski definition) is 3. The minimum Gasteiger partial charge on any atom is -0.507 e. The third kappa shape index (κ3) is 4.13. The summed E-state index contributed by atoms with van der Waals surface area (Å²) in [6.07, 6.45) is 2.90. The van der Waals surface area contributed by atoms with Crippen LogP contribution in [0.4, 0.5) is 0 Å². The zero-order valence-corrected chi connectivity index (χ0v) is 15.1. The molecule has 1 heterocycles. The van der Waals surface area contributed by atoms with E-state index in [1.807, 2.05) is 30.3 Å². The van der Waals surface area contributed by atoms with E-state index in [-0.39, 0.29) is 23.4 Å². The fraction of sp³-hybridized carbons (Fsp3) is 0.364. The Balaban J connectivity index is 1.62. The number of phenolic OH excluding ortho intramolecular Hbond substituents is 1. The molecule has 26 heavy (non-hydrogen) atoms. The van der Waals surface area contributed by atoms with Crippen molar-refractivity contribution in [3.63, 3.8) is 0 Å². The molecule has 0 aliphatic carbocycles. The molecule has 1 aliphatic heterocycles. The smallest absolute Gasteiger partial charge is 0.257 e. The number of hydrogen-bond donors (Lipinski definition) is 1. The summed E-state index contributed by atoms with van der Waals surface area (Å²) in [5, 5.41) is 10.2. The van der Waals surface area contributed by atoms with E-state index in [0.717, 1.165) is 24.8 Å². The number of benzene rings is 2. The van der Waals surface area contributed by atoms with Crippen LogP contribution in [0.25, 0.3) is 0 Å². The van der Waals surface area contributed by atoms with E-state index in [1.54, 1.807) is 30.0 Å². The van der Waals surface area contributed by atoms with Crippen LogP contribution in [-0.4, -0.2) is 34.8 Å². The number of carbonyl (C=O) groups is 2. The number of phenols is 1. The summed E-state index contributed by atoms with van der Waals surface area (Å²) in [5.41, 5.74) is 2.17. The number of rotatable bonds is 5. The van der Waals surface area contributed by atoms with Crippen LogP contribution in [-0.2, 0) is 11.2 Å². The first kappa shape index (κ1) is 18.2. The predicted molar refractivity (Wildman–Crippen MR) is 101 cm³/mol. The minimum atomic E-state index is -0.188. The van der Waals surface area contributed by atoms with Crippen LogP contribution >= 0.6 is 0 Å². The molecule has 1 atom stereocenters. The van der Waals surface area contributed by atoms with Gasteiger partial charge in [0.1, 0.15) is 11.5 Å². The second kappa shape index (κ2) is 8.17. The molecule has 1 aliphatic rings. The van der Waals surface area contributed by atoms with Gasteiger partial charge in [-0.25, -0.2) is 0 Å². The average Bonchev–Trinajstić information content (AvgIpc) is 2.68. The monoisotopic (exact) mass is 351 g/mol. The standard InChI is InChI=1S/C22H25NO3/c1-16-7-5-11-19(21(16)25)22(26)23-14-6-10-18(15-23)20(24)13-12-17-8-3-2-4-9-17/h2-5,7-9,11,18,25H,6,10,12-15H2,1H3/t18-/m1/s1. The van der Waals surface area contributed by atoms with E-state index in [1.165, 1.54) is 0 Å². The van der Waals surface area contributed by atoms with Gasteiger partial charge in [-0.05, 0) is 43.4 Å². The van der Waals surface area contributed by atoms with Crippen LogP contribution in [0, 0.1) is 12.8 Å². The van der Waals surface area contributed by atoms with Gasteiger partial charge in [0.2, 0.25) is 0 Å². The fourth-order valence-corrected chi connectivity index (χ4v) is 3.54. The molecule has 1 N–H and O–H groups in total. The van der Waals surface area contributed by atoms with Crippen molar-refractivity contribution in [2.45, 2.75) is 32.6 Å². The Morgan fingerprint density at radius 1 is 1.12 bits per heavy atom. The highest BCUT2D eigenvalue weighted by molar-refractivity contribution is 5.97. The summed E-state index contributed by atoms with van der Waals surface area (Å²) in [4.78, 5) is 27.1. The Labute approximate surface area is 154 Å². The lowest BCUT2D eigenvalue weighted by Crippen LogP contribution is -2.42. The molecule has 1 saturated heterocycles. The summed E-state index contributed by atoms with van der Waals surface area (Å²) in [6, 6.07) is 15.2. The number of ketones is 1. The van der Waals surface area contributed by atoms with Gasteiger partial charge in [0.25, 0.3) is 5.91 Å². The number of amides is 1. The van der Waals surface area contributed by atoms with Crippen LogP contribution in [0.3, 0.4) is 0 Å². The highest BCUT2D eigenvalue weighted by atomic mass is 16.3. The van der Waals surface area contributed by atoms with Crippen molar-refractivity contribution in [2.75, 3.05) is 13.1 Å². The number of carbonyl (C=O) groups excluding carboxylic acids is 2. The van der Waals surface area contributed by atoms with Gasteiger partial charge in [-0.3, -0.25) is 9.59 Å². The van der Waals surface area contributed by atoms with Crippen molar-refractivity contribution in [3.05, 3.63) is 65.2 Å². The quantitative estimate of drug-likeness (QED) is 0.892. The van der Waals surface area contributed by atoms with Gasteiger partial charge in [-0.15, -0.1) is 0 Å². The molecule has 0 saturated carbocycles. The Morgan fingerprint density at radius 2 is 1.88 bits per heavy atom. The Hall–Kier alpha value is -2.62. The molecule has 0 bridgehead atoms. The molecule has 2 aromatic rings. The summed E-state index contributed by atoms with van der Waals surface area (Å²) in [7, 11) is 0. The first-order valence-electron chi connectivity index (χ1n) is 9.20. The third-order valence-corrected chi connectivity index (χ3v) is 5.14. The molecule has 4 nitrogen and oxygen atoms in total. The van der Waals surface area contributed by atoms with Crippen molar-refractivity contribution in [2.24, 2.45) is 5.92 Å². The predicted octanol–water partition coefficient (Wildman–Crippen LogP) is 3.75. The van der Waals surface area contributed by atoms with Gasteiger partial charge in [0.15, 0.2) is 0 Å². The molecule has 0 radical (unpaired) electrons. The van der Waals surface area contributed by atoms with Gasteiger partial charge in [-0.2, -0.15) is 0 Å². The lowest BCUT2D eigenvalue weighted by atomic mass is 9.90. The first-order chi connectivity index (χ1) is 12.6. The van der Waals surface area contributed by atoms with E-state index in [4.69, 9.17) is 0 Å². The normalized spacial score (nSPS) is 17.1. The lowest BCUT2D eigenvalue weighted by molar-refractivity contribution is -0.124. The number of likely N-dealkylation sites (tertiary alicyclic amines) is 1. The molecule has 2 aromatic carbocycles. The first-order valence-corrected chi connectivity index (χ1v) is 9.20. The lowest BCUT2D eigenvalue weighted by Gasteiger charge is -2.32. The highest BCUT2D eigenvalue weighted by Gasteiger charge is 2.29. The van der Waals surface area contributed by atoms with E-state index < -0.39 is 0 Å². The molecule has 136 valence electrons. The zero-order chi connectivity index (χ0) is 18.5. The van der Waals surface area contributed by atoms with Crippen LogP contribution in [0.1, 0.15) is 40.7 Å². The van der Waals surface area contributed by atoms with Gasteiger partial charge < -0.3 is 10.0 Å². The van der Waals surface area contributed by atoms with Crippen molar-refractivity contribution < 1.29 is 14.7 Å². The van der Waals surface area contributed by atoms with E-state index >= 15 is 0 Å². The Morgan fingerprint density at radius 3 is 2.65 bits per heavy atom. The van der Waals surface area contributed by atoms with Gasteiger partial charge in [-0.1, -0.05) is 42.5 Å². The SMILES string of the molecule is Cc1cccc(C(=O)N2CCC[C@@H](C(=O)CCc3ccccc3)C2)c1O. The molecule has 0 spiro atoms. The van der Waals surface area contributed by atoms with Crippen LogP contribution in [0.15, 0.2) is 48.5 Å². The Kier molecular flexibility index (Phi) is 5.71. The molecule has 1 amide bonds. The largest absolute Gasteiger partial charge is 0.507 e. The number of nitrogens with zero attached hydrogens (tertiary/aromatic N) is 1. The Bertz CT molecular complexity index is 785. The summed E-state index contributed by atoms with van der Waals surface area (Å²) >= 11 is 0. The maximum absolute atomic E-state index is 12.8. The molecule has 0 unspecified atom stereocenters.